The van der Waals surface area contributed by atoms with Crippen molar-refractivity contribution in [3.63, 3.8) is 0 Å². The van der Waals surface area contributed by atoms with E-state index in [9.17, 15) is 4.79 Å². The average Bonchev–Trinajstić information content (AvgIpc) is 3.43. The molecule has 0 saturated carbocycles. The van der Waals surface area contributed by atoms with Gasteiger partial charge in [-0.25, -0.2) is 0 Å². The molecular weight excluding hydrogens is 376 g/mol. The van der Waals surface area contributed by atoms with E-state index in [-0.39, 0.29) is 5.91 Å². The van der Waals surface area contributed by atoms with Gasteiger partial charge in [-0.1, -0.05) is 65.8 Å². The number of amides is 1. The Morgan fingerprint density at radius 3 is 2.63 bits per heavy atom. The molecule has 0 N–H and O–H groups in total. The molecule has 0 aliphatic carbocycles. The van der Waals surface area contributed by atoms with Crippen LogP contribution in [0.1, 0.15) is 24.3 Å². The molecule has 30 heavy (non-hydrogen) atoms. The fourth-order valence-corrected chi connectivity index (χ4v) is 4.00. The summed E-state index contributed by atoms with van der Waals surface area (Å²) in [4.78, 5) is 21.3. The zero-order valence-electron chi connectivity index (χ0n) is 17.4. The summed E-state index contributed by atoms with van der Waals surface area (Å²) in [7, 11) is 1.89. The third kappa shape index (κ3) is 5.33. The van der Waals surface area contributed by atoms with Gasteiger partial charge in [0, 0.05) is 45.1 Å². The normalized spacial score (nSPS) is 16.6. The van der Waals surface area contributed by atoms with E-state index < -0.39 is 0 Å². The molecule has 1 aromatic heterocycles. The van der Waals surface area contributed by atoms with Gasteiger partial charge >= 0.3 is 0 Å². The first kappa shape index (κ1) is 20.3. The van der Waals surface area contributed by atoms with E-state index in [1.54, 1.807) is 0 Å². The van der Waals surface area contributed by atoms with Gasteiger partial charge in [0.2, 0.25) is 17.6 Å². The number of benzene rings is 2. The van der Waals surface area contributed by atoms with E-state index in [2.05, 4.69) is 39.3 Å². The maximum absolute atomic E-state index is 12.6. The van der Waals surface area contributed by atoms with Crippen LogP contribution in [0, 0.1) is 5.92 Å². The number of nitrogens with zero attached hydrogens (tertiary/aromatic N) is 4. The van der Waals surface area contributed by atoms with Gasteiger partial charge < -0.3 is 9.42 Å². The van der Waals surface area contributed by atoms with Crippen molar-refractivity contribution in [3.05, 3.63) is 72.1 Å². The predicted octanol–water partition coefficient (Wildman–Crippen LogP) is 3.65. The van der Waals surface area contributed by atoms with Crippen molar-refractivity contribution in [2.75, 3.05) is 26.7 Å². The lowest BCUT2D eigenvalue weighted by molar-refractivity contribution is -0.130. The molecule has 0 radical (unpaired) electrons. The lowest BCUT2D eigenvalue weighted by Gasteiger charge is -2.22. The summed E-state index contributed by atoms with van der Waals surface area (Å²) in [6, 6.07) is 20.3. The maximum atomic E-state index is 12.6. The fourth-order valence-electron chi connectivity index (χ4n) is 4.00. The SMILES string of the molecule is CN(C[C@H]1CCN(Cc2ccccc2)C1)C(=O)CCc1nc(-c2ccccc2)no1. The highest BCUT2D eigenvalue weighted by atomic mass is 16.5. The van der Waals surface area contributed by atoms with Crippen molar-refractivity contribution in [1.82, 2.24) is 19.9 Å². The number of hydrogen-bond acceptors (Lipinski definition) is 5. The molecule has 0 unspecified atom stereocenters. The molecule has 0 bridgehead atoms. The van der Waals surface area contributed by atoms with Crippen LogP contribution >= 0.6 is 0 Å². The van der Waals surface area contributed by atoms with Crippen LogP contribution in [-0.2, 0) is 17.8 Å². The predicted molar refractivity (Wildman–Crippen MR) is 116 cm³/mol. The standard InChI is InChI=1S/C24H28N4O2/c1-27(16-20-14-15-28(18-20)17-19-8-4-2-5-9-19)23(29)13-12-22-25-24(26-30-22)21-10-6-3-7-11-21/h2-11,20H,12-18H2,1H3/t20-/m1/s1. The molecule has 156 valence electrons. The molecule has 6 nitrogen and oxygen atoms in total. The summed E-state index contributed by atoms with van der Waals surface area (Å²) in [5.41, 5.74) is 2.26. The molecule has 1 atom stereocenters. The number of aryl methyl sites for hydroxylation is 1. The Balaban J connectivity index is 1.21. The van der Waals surface area contributed by atoms with Gasteiger partial charge in [-0.15, -0.1) is 0 Å². The first-order chi connectivity index (χ1) is 14.7. The second-order valence-corrected chi connectivity index (χ2v) is 8.03. The van der Waals surface area contributed by atoms with Crippen LogP contribution in [0.2, 0.25) is 0 Å². The average molecular weight is 405 g/mol. The van der Waals surface area contributed by atoms with Crippen LogP contribution in [0.4, 0.5) is 0 Å². The van der Waals surface area contributed by atoms with E-state index in [0.717, 1.165) is 38.2 Å². The Hall–Kier alpha value is -2.99. The summed E-state index contributed by atoms with van der Waals surface area (Å²) in [5.74, 6) is 1.72. The molecule has 0 spiro atoms. The molecule has 2 heterocycles. The first-order valence-corrected chi connectivity index (χ1v) is 10.6. The minimum absolute atomic E-state index is 0.121. The van der Waals surface area contributed by atoms with Gasteiger partial charge in [-0.05, 0) is 24.4 Å². The molecule has 1 saturated heterocycles. The molecular formula is C24H28N4O2. The highest BCUT2D eigenvalue weighted by Gasteiger charge is 2.25. The van der Waals surface area contributed by atoms with E-state index >= 15 is 0 Å². The zero-order valence-corrected chi connectivity index (χ0v) is 17.4. The molecule has 1 fully saturated rings. The van der Waals surface area contributed by atoms with E-state index in [1.807, 2.05) is 48.3 Å². The van der Waals surface area contributed by atoms with Crippen LogP contribution in [0.5, 0.6) is 0 Å². The van der Waals surface area contributed by atoms with Crippen molar-refractivity contribution >= 4 is 5.91 Å². The highest BCUT2D eigenvalue weighted by Crippen LogP contribution is 2.20. The van der Waals surface area contributed by atoms with E-state index in [0.29, 0.717) is 30.5 Å². The zero-order chi connectivity index (χ0) is 20.8. The number of likely N-dealkylation sites (tertiary alicyclic amines) is 1. The Labute approximate surface area is 177 Å². The fraction of sp³-hybridized carbons (Fsp3) is 0.375. The second kappa shape index (κ2) is 9.67. The lowest BCUT2D eigenvalue weighted by Crippen LogP contribution is -2.33. The van der Waals surface area contributed by atoms with Crippen molar-refractivity contribution in [2.24, 2.45) is 5.92 Å². The summed E-state index contributed by atoms with van der Waals surface area (Å²) < 4.78 is 5.31. The number of carbonyl (C=O) groups excluding carboxylic acids is 1. The summed E-state index contributed by atoms with van der Waals surface area (Å²) >= 11 is 0. The van der Waals surface area contributed by atoms with Gasteiger partial charge in [0.1, 0.15) is 0 Å². The highest BCUT2D eigenvalue weighted by molar-refractivity contribution is 5.76. The Kier molecular flexibility index (Phi) is 6.54. The van der Waals surface area contributed by atoms with Gasteiger partial charge in [-0.2, -0.15) is 4.98 Å². The van der Waals surface area contributed by atoms with Crippen molar-refractivity contribution in [1.29, 1.82) is 0 Å². The molecule has 2 aromatic carbocycles. The van der Waals surface area contributed by atoms with E-state index in [1.165, 1.54) is 5.56 Å². The number of carbonyl (C=O) groups is 1. The molecule has 6 heteroatoms. The largest absolute Gasteiger partial charge is 0.345 e. The minimum atomic E-state index is 0.121. The third-order valence-corrected chi connectivity index (χ3v) is 5.63. The number of hydrogen-bond donors (Lipinski definition) is 0. The Morgan fingerprint density at radius 2 is 1.87 bits per heavy atom. The van der Waals surface area contributed by atoms with Gasteiger partial charge in [0.15, 0.2) is 0 Å². The molecule has 1 aliphatic rings. The lowest BCUT2D eigenvalue weighted by atomic mass is 10.1. The van der Waals surface area contributed by atoms with Crippen molar-refractivity contribution in [2.45, 2.75) is 25.8 Å². The van der Waals surface area contributed by atoms with Gasteiger partial charge in [-0.3, -0.25) is 9.69 Å². The molecule has 3 aromatic rings. The molecule has 4 rings (SSSR count). The maximum Gasteiger partial charge on any atom is 0.227 e. The second-order valence-electron chi connectivity index (χ2n) is 8.03. The molecule has 1 amide bonds. The van der Waals surface area contributed by atoms with Gasteiger partial charge in [0.25, 0.3) is 0 Å². The van der Waals surface area contributed by atoms with Gasteiger partial charge in [0.05, 0.1) is 0 Å². The topological polar surface area (TPSA) is 62.5 Å². The van der Waals surface area contributed by atoms with Crippen LogP contribution < -0.4 is 0 Å². The van der Waals surface area contributed by atoms with Crippen LogP contribution in [0.25, 0.3) is 11.4 Å². The summed E-state index contributed by atoms with van der Waals surface area (Å²) in [6.45, 7) is 3.90. The van der Waals surface area contributed by atoms with Crippen LogP contribution in [0.3, 0.4) is 0 Å². The number of rotatable bonds is 8. The first-order valence-electron chi connectivity index (χ1n) is 10.6. The quantitative estimate of drug-likeness (QED) is 0.573. The van der Waals surface area contributed by atoms with Crippen molar-refractivity contribution in [3.8, 4) is 11.4 Å². The Morgan fingerprint density at radius 1 is 1.13 bits per heavy atom. The van der Waals surface area contributed by atoms with Crippen molar-refractivity contribution < 1.29 is 9.32 Å². The number of aromatic nitrogens is 2. The van der Waals surface area contributed by atoms with Crippen LogP contribution in [-0.4, -0.2) is 52.5 Å². The van der Waals surface area contributed by atoms with E-state index in [4.69, 9.17) is 4.52 Å². The molecule has 1 aliphatic heterocycles. The summed E-state index contributed by atoms with van der Waals surface area (Å²) in [5, 5.41) is 4.02. The van der Waals surface area contributed by atoms with Crippen LogP contribution in [0.15, 0.2) is 65.2 Å². The summed E-state index contributed by atoms with van der Waals surface area (Å²) in [6.07, 6.45) is 1.98. The minimum Gasteiger partial charge on any atom is -0.345 e. The monoisotopic (exact) mass is 404 g/mol. The third-order valence-electron chi connectivity index (χ3n) is 5.63. The Bertz CT molecular complexity index is 942. The smallest absolute Gasteiger partial charge is 0.227 e.